The molecule has 0 aromatic heterocycles. The van der Waals surface area contributed by atoms with Crippen molar-refractivity contribution in [1.82, 2.24) is 0 Å². The molecule has 0 spiro atoms. The lowest BCUT2D eigenvalue weighted by Crippen LogP contribution is -2.18. The second-order valence-corrected chi connectivity index (χ2v) is 4.30. The third-order valence-electron chi connectivity index (χ3n) is 2.00. The Hall–Kier alpha value is -0.620. The summed E-state index contributed by atoms with van der Waals surface area (Å²) in [4.78, 5) is 11.2. The van der Waals surface area contributed by atoms with Crippen LogP contribution in [0.3, 0.4) is 0 Å². The minimum atomic E-state index is -0.280. The summed E-state index contributed by atoms with van der Waals surface area (Å²) in [6.45, 7) is 2.19. The van der Waals surface area contributed by atoms with Crippen LogP contribution in [-0.2, 0) is 9.53 Å². The normalized spacial score (nSPS) is 12.2. The number of rotatable bonds is 4. The number of esters is 1. The molecule has 3 nitrogen and oxygen atoms in total. The Bertz CT molecular complexity index is 341. The zero-order chi connectivity index (χ0) is 11.3. The Morgan fingerprint density at radius 3 is 2.80 bits per heavy atom. The lowest BCUT2D eigenvalue weighted by atomic mass is 10.1. The topological polar surface area (TPSA) is 52.3 Å². The van der Waals surface area contributed by atoms with Crippen LogP contribution in [-0.4, -0.2) is 12.6 Å². The molecule has 0 saturated carbocycles. The maximum atomic E-state index is 11.2. The number of halogens is 1. The summed E-state index contributed by atoms with van der Waals surface area (Å²) >= 11 is 2.21. The number of hydrogen-bond acceptors (Lipinski definition) is 3. The van der Waals surface area contributed by atoms with Crippen LogP contribution in [0.2, 0.25) is 0 Å². The molecule has 0 radical (unpaired) electrons. The molecule has 1 aromatic carbocycles. The largest absolute Gasteiger partial charge is 0.466 e. The van der Waals surface area contributed by atoms with Gasteiger partial charge in [-0.05, 0) is 41.1 Å². The molecule has 0 fully saturated rings. The van der Waals surface area contributed by atoms with Crippen molar-refractivity contribution in [2.24, 2.45) is 5.73 Å². The number of hydrogen-bond donors (Lipinski definition) is 1. The van der Waals surface area contributed by atoms with Crippen LogP contribution in [0, 0.1) is 3.57 Å². The van der Waals surface area contributed by atoms with Crippen LogP contribution in [0.25, 0.3) is 0 Å². The van der Waals surface area contributed by atoms with Crippen molar-refractivity contribution in [2.75, 3.05) is 6.61 Å². The molecule has 0 saturated heterocycles. The van der Waals surface area contributed by atoms with E-state index in [0.29, 0.717) is 6.61 Å². The van der Waals surface area contributed by atoms with Crippen molar-refractivity contribution >= 4 is 28.6 Å². The van der Waals surface area contributed by atoms with Crippen molar-refractivity contribution < 1.29 is 9.53 Å². The Morgan fingerprint density at radius 2 is 2.20 bits per heavy atom. The second kappa shape index (κ2) is 6.07. The predicted octanol–water partition coefficient (Wildman–Crippen LogP) is 2.24. The summed E-state index contributed by atoms with van der Waals surface area (Å²) in [5.41, 5.74) is 6.91. The van der Waals surface area contributed by atoms with Crippen molar-refractivity contribution in [3.05, 3.63) is 33.4 Å². The molecule has 0 bridgehead atoms. The molecule has 0 aliphatic carbocycles. The molecule has 4 heteroatoms. The van der Waals surface area contributed by atoms with Gasteiger partial charge in [-0.15, -0.1) is 0 Å². The Balaban J connectivity index is 2.65. The van der Waals surface area contributed by atoms with Crippen LogP contribution in [0.4, 0.5) is 0 Å². The van der Waals surface area contributed by atoms with E-state index in [1.54, 1.807) is 6.92 Å². The quantitative estimate of drug-likeness (QED) is 0.684. The molecule has 0 aliphatic heterocycles. The first-order valence-electron chi connectivity index (χ1n) is 4.80. The summed E-state index contributed by atoms with van der Waals surface area (Å²) in [5, 5.41) is 0. The Labute approximate surface area is 103 Å². The van der Waals surface area contributed by atoms with Gasteiger partial charge in [-0.25, -0.2) is 0 Å². The van der Waals surface area contributed by atoms with Crippen molar-refractivity contribution in [2.45, 2.75) is 19.4 Å². The standard InChI is InChI=1S/C11H14INO2/c1-2-15-11(14)7-10(13)8-5-3-4-6-9(8)12/h3-6,10H,2,7,13H2,1H3/t10-/m1/s1. The summed E-state index contributed by atoms with van der Waals surface area (Å²) in [6, 6.07) is 7.49. The highest BCUT2D eigenvalue weighted by Crippen LogP contribution is 2.20. The van der Waals surface area contributed by atoms with Crippen molar-refractivity contribution in [3.63, 3.8) is 0 Å². The summed E-state index contributed by atoms with van der Waals surface area (Å²) in [7, 11) is 0. The first-order valence-corrected chi connectivity index (χ1v) is 5.88. The minimum Gasteiger partial charge on any atom is -0.466 e. The van der Waals surface area contributed by atoms with Gasteiger partial charge in [-0.1, -0.05) is 18.2 Å². The fraction of sp³-hybridized carbons (Fsp3) is 0.364. The second-order valence-electron chi connectivity index (χ2n) is 3.14. The number of carbonyl (C=O) groups is 1. The third kappa shape index (κ3) is 3.79. The SMILES string of the molecule is CCOC(=O)C[C@@H](N)c1ccccc1I. The predicted molar refractivity (Wildman–Crippen MR) is 67.3 cm³/mol. The fourth-order valence-electron chi connectivity index (χ4n) is 1.29. The van der Waals surface area contributed by atoms with E-state index in [-0.39, 0.29) is 18.4 Å². The lowest BCUT2D eigenvalue weighted by Gasteiger charge is -2.12. The van der Waals surface area contributed by atoms with E-state index in [0.717, 1.165) is 9.13 Å². The van der Waals surface area contributed by atoms with Crippen molar-refractivity contribution in [1.29, 1.82) is 0 Å². The van der Waals surface area contributed by atoms with Crippen LogP contribution in [0.5, 0.6) is 0 Å². The maximum absolute atomic E-state index is 11.2. The highest BCUT2D eigenvalue weighted by Gasteiger charge is 2.14. The van der Waals surface area contributed by atoms with Gasteiger partial charge >= 0.3 is 5.97 Å². The van der Waals surface area contributed by atoms with Crippen LogP contribution < -0.4 is 5.73 Å². The van der Waals surface area contributed by atoms with Crippen LogP contribution in [0.1, 0.15) is 24.9 Å². The molecule has 82 valence electrons. The fourth-order valence-corrected chi connectivity index (χ4v) is 2.07. The molecule has 0 amide bonds. The van der Waals surface area contributed by atoms with Gasteiger partial charge in [0.15, 0.2) is 0 Å². The highest BCUT2D eigenvalue weighted by atomic mass is 127. The van der Waals surface area contributed by atoms with E-state index in [9.17, 15) is 4.79 Å². The van der Waals surface area contributed by atoms with E-state index in [1.807, 2.05) is 24.3 Å². The first kappa shape index (κ1) is 12.4. The van der Waals surface area contributed by atoms with Gasteiger partial charge in [0.25, 0.3) is 0 Å². The van der Waals surface area contributed by atoms with Gasteiger partial charge in [0, 0.05) is 9.61 Å². The molecule has 15 heavy (non-hydrogen) atoms. The minimum absolute atomic E-state index is 0.230. The highest BCUT2D eigenvalue weighted by molar-refractivity contribution is 14.1. The summed E-state index contributed by atoms with van der Waals surface area (Å²) in [5.74, 6) is -0.246. The average Bonchev–Trinajstić information content (AvgIpc) is 2.18. The third-order valence-corrected chi connectivity index (χ3v) is 2.98. The Morgan fingerprint density at radius 1 is 1.53 bits per heavy atom. The molecular formula is C11H14INO2. The molecule has 1 aromatic rings. The van der Waals surface area contributed by atoms with E-state index < -0.39 is 0 Å². The van der Waals surface area contributed by atoms with Crippen molar-refractivity contribution in [3.8, 4) is 0 Å². The van der Waals surface area contributed by atoms with Gasteiger partial charge in [-0.2, -0.15) is 0 Å². The molecular weight excluding hydrogens is 305 g/mol. The average molecular weight is 319 g/mol. The molecule has 2 N–H and O–H groups in total. The van der Waals surface area contributed by atoms with Gasteiger partial charge < -0.3 is 10.5 Å². The lowest BCUT2D eigenvalue weighted by molar-refractivity contribution is -0.143. The molecule has 1 atom stereocenters. The zero-order valence-corrected chi connectivity index (χ0v) is 10.7. The van der Waals surface area contributed by atoms with Crippen LogP contribution >= 0.6 is 22.6 Å². The van der Waals surface area contributed by atoms with E-state index in [4.69, 9.17) is 10.5 Å². The van der Waals surface area contributed by atoms with Gasteiger partial charge in [-0.3, -0.25) is 4.79 Å². The summed E-state index contributed by atoms with van der Waals surface area (Å²) in [6.07, 6.45) is 0.230. The monoisotopic (exact) mass is 319 g/mol. The van der Waals surface area contributed by atoms with Gasteiger partial charge in [0.1, 0.15) is 0 Å². The number of carbonyl (C=O) groups excluding carboxylic acids is 1. The van der Waals surface area contributed by atoms with E-state index in [2.05, 4.69) is 22.6 Å². The van der Waals surface area contributed by atoms with Crippen LogP contribution in [0.15, 0.2) is 24.3 Å². The smallest absolute Gasteiger partial charge is 0.307 e. The number of benzene rings is 1. The number of ether oxygens (including phenoxy) is 1. The molecule has 0 heterocycles. The Kier molecular flexibility index (Phi) is 5.04. The first-order chi connectivity index (χ1) is 7.15. The summed E-state index contributed by atoms with van der Waals surface area (Å²) < 4.78 is 5.93. The maximum Gasteiger partial charge on any atom is 0.307 e. The van der Waals surface area contributed by atoms with Gasteiger partial charge in [0.2, 0.25) is 0 Å². The molecule has 0 aliphatic rings. The van der Waals surface area contributed by atoms with Gasteiger partial charge in [0.05, 0.1) is 13.0 Å². The van der Waals surface area contributed by atoms with E-state index >= 15 is 0 Å². The molecule has 1 rings (SSSR count). The zero-order valence-electron chi connectivity index (χ0n) is 8.57. The molecule has 0 unspecified atom stereocenters. The van der Waals surface area contributed by atoms with E-state index in [1.165, 1.54) is 0 Å². The number of nitrogens with two attached hydrogens (primary N) is 1.